The third kappa shape index (κ3) is 5.30. The number of hydrogen-bond donors (Lipinski definition) is 2. The van der Waals surface area contributed by atoms with Crippen molar-refractivity contribution < 1.29 is 13.9 Å². The van der Waals surface area contributed by atoms with Crippen LogP contribution in [0.25, 0.3) is 0 Å². The maximum atomic E-state index is 13.9. The van der Waals surface area contributed by atoms with E-state index < -0.39 is 5.82 Å². The van der Waals surface area contributed by atoms with Crippen molar-refractivity contribution in [3.63, 3.8) is 0 Å². The second-order valence-electron chi connectivity index (χ2n) is 5.82. The molecular formula is C17H25FN2O2. The fourth-order valence-electron chi connectivity index (χ4n) is 2.35. The van der Waals surface area contributed by atoms with Crippen molar-refractivity contribution in [3.8, 4) is 5.75 Å². The Morgan fingerprint density at radius 1 is 1.27 bits per heavy atom. The van der Waals surface area contributed by atoms with E-state index in [4.69, 9.17) is 10.5 Å². The molecule has 0 aromatic heterocycles. The van der Waals surface area contributed by atoms with Crippen LogP contribution in [0.1, 0.15) is 51.4 Å². The molecule has 0 aliphatic heterocycles. The van der Waals surface area contributed by atoms with Gasteiger partial charge >= 0.3 is 0 Å². The summed E-state index contributed by atoms with van der Waals surface area (Å²) in [4.78, 5) is 11.8. The first-order valence-electron chi connectivity index (χ1n) is 8.15. The zero-order valence-corrected chi connectivity index (χ0v) is 12.9. The predicted octanol–water partition coefficient (Wildman–Crippen LogP) is 3.60. The zero-order chi connectivity index (χ0) is 15.8. The Balaban J connectivity index is 1.74. The number of ether oxygens (including phenoxy) is 1. The molecule has 1 fully saturated rings. The zero-order valence-electron chi connectivity index (χ0n) is 12.9. The summed E-state index contributed by atoms with van der Waals surface area (Å²) in [6.07, 6.45) is 7.58. The number of nitrogens with one attached hydrogen (secondary N) is 1. The van der Waals surface area contributed by atoms with Crippen molar-refractivity contribution in [2.45, 2.75) is 57.5 Å². The summed E-state index contributed by atoms with van der Waals surface area (Å²) in [6, 6.07) is 4.59. The van der Waals surface area contributed by atoms with E-state index in [2.05, 4.69) is 5.32 Å². The first-order chi connectivity index (χ1) is 10.7. The summed E-state index contributed by atoms with van der Waals surface area (Å²) in [6.45, 7) is 0.695. The van der Waals surface area contributed by atoms with Crippen LogP contribution in [-0.4, -0.2) is 18.6 Å². The van der Waals surface area contributed by atoms with Gasteiger partial charge in [0.05, 0.1) is 6.10 Å². The largest absolute Gasteiger partial charge is 0.487 e. The van der Waals surface area contributed by atoms with E-state index in [0.29, 0.717) is 18.7 Å². The topological polar surface area (TPSA) is 64.4 Å². The minimum atomic E-state index is -0.423. The minimum Gasteiger partial charge on any atom is -0.487 e. The second kappa shape index (κ2) is 8.73. The Labute approximate surface area is 131 Å². The molecule has 2 rings (SSSR count). The molecule has 0 spiro atoms. The lowest BCUT2D eigenvalue weighted by molar-refractivity contribution is -0.116. The maximum absolute atomic E-state index is 13.9. The van der Waals surface area contributed by atoms with Gasteiger partial charge in [-0.15, -0.1) is 0 Å². The standard InChI is InChI=1S/C17H25FN2O2/c18-15-12-13(9-10-16(15)22-14-6-5-7-14)20-17(21)8-3-1-2-4-11-19/h9-10,12,14H,1-8,11,19H2,(H,20,21). The normalized spacial score (nSPS) is 14.5. The molecule has 5 heteroatoms. The number of halogens is 1. The third-order valence-corrected chi connectivity index (χ3v) is 3.92. The van der Waals surface area contributed by atoms with Crippen molar-refractivity contribution in [1.82, 2.24) is 0 Å². The lowest BCUT2D eigenvalue weighted by Gasteiger charge is -2.26. The monoisotopic (exact) mass is 308 g/mol. The van der Waals surface area contributed by atoms with Gasteiger partial charge in [0.15, 0.2) is 11.6 Å². The number of carbonyl (C=O) groups is 1. The first-order valence-corrected chi connectivity index (χ1v) is 8.15. The van der Waals surface area contributed by atoms with Crippen LogP contribution in [0.5, 0.6) is 5.75 Å². The van der Waals surface area contributed by atoms with Gasteiger partial charge in [-0.2, -0.15) is 0 Å². The fourth-order valence-corrected chi connectivity index (χ4v) is 2.35. The van der Waals surface area contributed by atoms with Crippen LogP contribution in [0.15, 0.2) is 18.2 Å². The summed E-state index contributed by atoms with van der Waals surface area (Å²) < 4.78 is 19.5. The molecule has 122 valence electrons. The quantitative estimate of drug-likeness (QED) is 0.685. The highest BCUT2D eigenvalue weighted by Gasteiger charge is 2.20. The number of carbonyl (C=O) groups excluding carboxylic acids is 1. The van der Waals surface area contributed by atoms with E-state index >= 15 is 0 Å². The van der Waals surface area contributed by atoms with E-state index in [-0.39, 0.29) is 17.8 Å². The Hall–Kier alpha value is -1.62. The van der Waals surface area contributed by atoms with Gasteiger partial charge in [-0.25, -0.2) is 4.39 Å². The number of amides is 1. The van der Waals surface area contributed by atoms with E-state index in [1.807, 2.05) is 0 Å². The van der Waals surface area contributed by atoms with Crippen LogP contribution in [0.3, 0.4) is 0 Å². The van der Waals surface area contributed by atoms with Gasteiger partial charge in [0.2, 0.25) is 5.91 Å². The van der Waals surface area contributed by atoms with E-state index in [1.54, 1.807) is 12.1 Å². The average Bonchev–Trinajstić information content (AvgIpc) is 2.44. The summed E-state index contributed by atoms with van der Waals surface area (Å²) in [5, 5.41) is 2.72. The molecule has 22 heavy (non-hydrogen) atoms. The Morgan fingerprint density at radius 2 is 2.05 bits per heavy atom. The average molecular weight is 308 g/mol. The lowest BCUT2D eigenvalue weighted by Crippen LogP contribution is -2.25. The summed E-state index contributed by atoms with van der Waals surface area (Å²) in [5.41, 5.74) is 5.89. The molecule has 1 saturated carbocycles. The van der Waals surface area contributed by atoms with Crippen molar-refractivity contribution >= 4 is 11.6 Å². The molecule has 4 nitrogen and oxygen atoms in total. The smallest absolute Gasteiger partial charge is 0.224 e. The first kappa shape index (κ1) is 16.7. The van der Waals surface area contributed by atoms with Gasteiger partial charge < -0.3 is 15.8 Å². The van der Waals surface area contributed by atoms with Crippen LogP contribution in [0, 0.1) is 5.82 Å². The summed E-state index contributed by atoms with van der Waals surface area (Å²) in [7, 11) is 0. The third-order valence-electron chi connectivity index (χ3n) is 3.92. The number of hydrogen-bond acceptors (Lipinski definition) is 3. The van der Waals surface area contributed by atoms with E-state index in [9.17, 15) is 9.18 Å². The van der Waals surface area contributed by atoms with Crippen LogP contribution >= 0.6 is 0 Å². The highest BCUT2D eigenvalue weighted by molar-refractivity contribution is 5.90. The summed E-state index contributed by atoms with van der Waals surface area (Å²) >= 11 is 0. The van der Waals surface area contributed by atoms with Gasteiger partial charge in [0.1, 0.15) is 0 Å². The molecule has 0 radical (unpaired) electrons. The maximum Gasteiger partial charge on any atom is 0.224 e. The van der Waals surface area contributed by atoms with Gasteiger partial charge in [0, 0.05) is 18.2 Å². The molecule has 1 aromatic rings. The van der Waals surface area contributed by atoms with E-state index in [0.717, 1.165) is 44.9 Å². The SMILES string of the molecule is NCCCCCCC(=O)Nc1ccc(OC2CCC2)c(F)c1. The number of unbranched alkanes of at least 4 members (excludes halogenated alkanes) is 3. The van der Waals surface area contributed by atoms with Crippen molar-refractivity contribution in [2.75, 3.05) is 11.9 Å². The van der Waals surface area contributed by atoms with Crippen LogP contribution < -0.4 is 15.8 Å². The molecule has 0 atom stereocenters. The number of benzene rings is 1. The number of rotatable bonds is 9. The Bertz CT molecular complexity index is 490. The molecule has 1 amide bonds. The Kier molecular flexibility index (Phi) is 6.65. The summed E-state index contributed by atoms with van der Waals surface area (Å²) in [5.74, 6) is -0.239. The van der Waals surface area contributed by atoms with Crippen LogP contribution in [0.2, 0.25) is 0 Å². The molecule has 0 bridgehead atoms. The van der Waals surface area contributed by atoms with Crippen LogP contribution in [0.4, 0.5) is 10.1 Å². The molecule has 1 aromatic carbocycles. The molecule has 1 aliphatic rings. The van der Waals surface area contributed by atoms with Crippen molar-refractivity contribution in [2.24, 2.45) is 5.73 Å². The fraction of sp³-hybridized carbons (Fsp3) is 0.588. The van der Waals surface area contributed by atoms with Gasteiger partial charge in [-0.1, -0.05) is 12.8 Å². The molecule has 0 heterocycles. The highest BCUT2D eigenvalue weighted by atomic mass is 19.1. The van der Waals surface area contributed by atoms with Gasteiger partial charge in [-0.3, -0.25) is 4.79 Å². The second-order valence-corrected chi connectivity index (χ2v) is 5.82. The van der Waals surface area contributed by atoms with Gasteiger partial charge in [0.25, 0.3) is 0 Å². The highest BCUT2D eigenvalue weighted by Crippen LogP contribution is 2.28. The molecular weight excluding hydrogens is 283 g/mol. The van der Waals surface area contributed by atoms with Crippen LogP contribution in [-0.2, 0) is 4.79 Å². The number of nitrogens with two attached hydrogens (primary N) is 1. The van der Waals surface area contributed by atoms with Crippen molar-refractivity contribution in [1.29, 1.82) is 0 Å². The van der Waals surface area contributed by atoms with Gasteiger partial charge in [-0.05, 0) is 50.8 Å². The predicted molar refractivity (Wildman–Crippen MR) is 85.4 cm³/mol. The lowest BCUT2D eigenvalue weighted by atomic mass is 9.96. The van der Waals surface area contributed by atoms with E-state index in [1.165, 1.54) is 6.07 Å². The molecule has 0 unspecified atom stereocenters. The molecule has 1 aliphatic carbocycles. The van der Waals surface area contributed by atoms with Crippen molar-refractivity contribution in [3.05, 3.63) is 24.0 Å². The minimum absolute atomic E-state index is 0.0835. The molecule has 0 saturated heterocycles. The Morgan fingerprint density at radius 3 is 2.68 bits per heavy atom. The molecule has 3 N–H and O–H groups in total. The number of anilines is 1.